The number of carboxylic acid groups (broad SMARTS) is 1. The van der Waals surface area contributed by atoms with Crippen LogP contribution in [0.5, 0.6) is 0 Å². The van der Waals surface area contributed by atoms with Crippen molar-refractivity contribution in [1.82, 2.24) is 0 Å². The average molecular weight is 245 g/mol. The van der Waals surface area contributed by atoms with Crippen LogP contribution in [0.1, 0.15) is 15.9 Å². The molecule has 0 saturated heterocycles. The maximum atomic E-state index is 10.6. The van der Waals surface area contributed by atoms with Crippen LogP contribution in [0.4, 0.5) is 5.69 Å². The first-order valence-corrected chi connectivity index (χ1v) is 5.40. The predicted octanol–water partition coefficient (Wildman–Crippen LogP) is 0.404. The second kappa shape index (κ2) is 4.71. The molecular weight excluding hydrogens is 238 g/mol. The molecule has 0 aliphatic rings. The lowest BCUT2D eigenvalue weighted by Crippen LogP contribution is -2.01. The molecule has 0 spiro atoms. The molecule has 0 bridgehead atoms. The van der Waals surface area contributed by atoms with Crippen molar-refractivity contribution in [2.75, 3.05) is 0 Å². The first kappa shape index (κ1) is 12.1. The lowest BCUT2D eigenvalue weighted by Gasteiger charge is -2.00. The number of hydrogen-bond donors (Lipinski definition) is 2. The predicted molar refractivity (Wildman–Crippen MR) is 54.1 cm³/mol. The van der Waals surface area contributed by atoms with Gasteiger partial charge in [0.1, 0.15) is 10.7 Å². The molecule has 0 fully saturated rings. The van der Waals surface area contributed by atoms with Gasteiger partial charge >= 0.3 is 5.97 Å². The summed E-state index contributed by atoms with van der Waals surface area (Å²) in [6, 6.07) is 3.10. The van der Waals surface area contributed by atoms with E-state index in [2.05, 4.69) is 0 Å². The van der Waals surface area contributed by atoms with E-state index in [1.165, 1.54) is 0 Å². The molecule has 0 amide bonds. The van der Waals surface area contributed by atoms with Gasteiger partial charge in [0.2, 0.25) is 0 Å². The molecule has 7 nitrogen and oxygen atoms in total. The van der Waals surface area contributed by atoms with Crippen LogP contribution < -0.4 is 0 Å². The van der Waals surface area contributed by atoms with Crippen molar-refractivity contribution in [1.29, 1.82) is 0 Å². The lowest BCUT2D eigenvalue weighted by molar-refractivity contribution is -0.385. The highest BCUT2D eigenvalue weighted by molar-refractivity contribution is 7.71. The van der Waals surface area contributed by atoms with Gasteiger partial charge in [-0.1, -0.05) is 6.07 Å². The number of thiol groups is 1. The van der Waals surface area contributed by atoms with E-state index < -0.39 is 33.0 Å². The van der Waals surface area contributed by atoms with Gasteiger partial charge in [0.05, 0.1) is 16.2 Å². The van der Waals surface area contributed by atoms with Crippen molar-refractivity contribution in [3.63, 3.8) is 0 Å². The summed E-state index contributed by atoms with van der Waals surface area (Å²) in [5.41, 5.74) is -0.776. The molecule has 0 heterocycles. The summed E-state index contributed by atoms with van der Waals surface area (Å²) in [5, 5.41) is 19.2. The van der Waals surface area contributed by atoms with E-state index in [1.807, 2.05) is 0 Å². The zero-order valence-electron chi connectivity index (χ0n) is 7.82. The van der Waals surface area contributed by atoms with Gasteiger partial charge in [-0.15, -0.1) is 0 Å². The lowest BCUT2D eigenvalue weighted by atomic mass is 10.1. The first-order chi connectivity index (χ1) is 7.41. The average Bonchev–Trinajstić information content (AvgIpc) is 2.16. The molecule has 0 aromatic heterocycles. The van der Waals surface area contributed by atoms with Crippen molar-refractivity contribution in [3.05, 3.63) is 39.4 Å². The summed E-state index contributed by atoms with van der Waals surface area (Å²) in [5.74, 6) is -1.79. The quantitative estimate of drug-likeness (QED) is 0.451. The minimum atomic E-state index is -2.79. The van der Waals surface area contributed by atoms with E-state index >= 15 is 0 Å². The fourth-order valence-corrected chi connectivity index (χ4v) is 1.69. The van der Waals surface area contributed by atoms with E-state index in [0.717, 1.165) is 18.2 Å². The minimum absolute atomic E-state index is 0.0221. The molecule has 1 aromatic carbocycles. The Balaban J connectivity index is 3.29. The zero-order valence-corrected chi connectivity index (χ0v) is 8.72. The first-order valence-electron chi connectivity index (χ1n) is 4.04. The maximum Gasteiger partial charge on any atom is 0.335 e. The zero-order chi connectivity index (χ0) is 12.3. The van der Waals surface area contributed by atoms with Crippen LogP contribution in [0.3, 0.4) is 0 Å². The SMILES string of the molecule is O=C(O)c1ccc(C[SH](=O)=O)c([N+](=O)[O-])c1. The Labute approximate surface area is 91.4 Å². The normalized spacial score (nSPS) is 10.3. The smallest absolute Gasteiger partial charge is 0.335 e. The molecule has 86 valence electrons. The Hall–Kier alpha value is -1.96. The van der Waals surface area contributed by atoms with Crippen LogP contribution in [-0.2, 0) is 16.5 Å². The van der Waals surface area contributed by atoms with Crippen LogP contribution in [0, 0.1) is 10.1 Å². The summed E-state index contributed by atoms with van der Waals surface area (Å²) in [6.45, 7) is 0. The van der Waals surface area contributed by atoms with E-state index in [4.69, 9.17) is 5.11 Å². The van der Waals surface area contributed by atoms with Gasteiger partial charge in [0.25, 0.3) is 5.69 Å². The molecule has 1 aromatic rings. The molecule has 0 unspecified atom stereocenters. The summed E-state index contributed by atoms with van der Waals surface area (Å²) in [6.07, 6.45) is 0. The van der Waals surface area contributed by atoms with Gasteiger partial charge in [-0.2, -0.15) is 0 Å². The molecular formula is C8H7NO6S. The second-order valence-electron chi connectivity index (χ2n) is 2.90. The number of carbonyl (C=O) groups is 1. The number of carboxylic acids is 1. The largest absolute Gasteiger partial charge is 0.478 e. The molecule has 0 aliphatic carbocycles. The van der Waals surface area contributed by atoms with Crippen LogP contribution >= 0.6 is 0 Å². The molecule has 0 radical (unpaired) electrons. The topological polar surface area (TPSA) is 115 Å². The van der Waals surface area contributed by atoms with Gasteiger partial charge in [-0.05, 0) is 6.07 Å². The molecule has 1 N–H and O–H groups in total. The van der Waals surface area contributed by atoms with Crippen LogP contribution in [0.25, 0.3) is 0 Å². The van der Waals surface area contributed by atoms with E-state index in [-0.39, 0.29) is 11.1 Å². The molecule has 16 heavy (non-hydrogen) atoms. The van der Waals surface area contributed by atoms with Gasteiger partial charge in [-0.25, -0.2) is 13.2 Å². The highest BCUT2D eigenvalue weighted by Gasteiger charge is 2.17. The minimum Gasteiger partial charge on any atom is -0.478 e. The highest BCUT2D eigenvalue weighted by Crippen LogP contribution is 2.21. The molecule has 0 atom stereocenters. The molecule has 1 rings (SSSR count). The van der Waals surface area contributed by atoms with Gasteiger partial charge in [-0.3, -0.25) is 10.1 Å². The summed E-state index contributed by atoms with van der Waals surface area (Å²) in [4.78, 5) is 20.4. The van der Waals surface area contributed by atoms with Gasteiger partial charge in [0.15, 0.2) is 0 Å². The number of nitro groups is 1. The van der Waals surface area contributed by atoms with E-state index in [9.17, 15) is 23.3 Å². The Bertz CT molecular complexity index is 513. The standard InChI is InChI=1S/C8H7NO6S/c10-8(11)5-1-2-6(4-16(14)15)7(3-5)9(12)13/h1-3,16H,4H2,(H,10,11). The van der Waals surface area contributed by atoms with Crippen molar-refractivity contribution < 1.29 is 23.2 Å². The number of aromatic carboxylic acids is 1. The van der Waals surface area contributed by atoms with Gasteiger partial charge in [0, 0.05) is 11.6 Å². The van der Waals surface area contributed by atoms with Crippen molar-refractivity contribution in [2.45, 2.75) is 5.75 Å². The van der Waals surface area contributed by atoms with Crippen LogP contribution in [0.2, 0.25) is 0 Å². The second-order valence-corrected chi connectivity index (χ2v) is 3.88. The van der Waals surface area contributed by atoms with E-state index in [0.29, 0.717) is 0 Å². The van der Waals surface area contributed by atoms with Crippen molar-refractivity contribution in [3.8, 4) is 0 Å². The number of hydrogen-bond acceptors (Lipinski definition) is 5. The Morgan fingerprint density at radius 2 is 2.06 bits per heavy atom. The highest BCUT2D eigenvalue weighted by atomic mass is 32.2. The number of nitro benzene ring substituents is 1. The van der Waals surface area contributed by atoms with Gasteiger partial charge < -0.3 is 5.11 Å². The summed E-state index contributed by atoms with van der Waals surface area (Å²) < 4.78 is 20.9. The fraction of sp³-hybridized carbons (Fsp3) is 0.125. The van der Waals surface area contributed by atoms with Crippen LogP contribution in [-0.4, -0.2) is 24.4 Å². The third-order valence-electron chi connectivity index (χ3n) is 1.83. The number of nitrogens with zero attached hydrogens (tertiary/aromatic N) is 1. The summed E-state index contributed by atoms with van der Waals surface area (Å²) >= 11 is 0. The Morgan fingerprint density at radius 3 is 2.50 bits per heavy atom. The third kappa shape index (κ3) is 2.76. The number of benzene rings is 1. The van der Waals surface area contributed by atoms with Crippen LogP contribution in [0.15, 0.2) is 18.2 Å². The van der Waals surface area contributed by atoms with Crippen molar-refractivity contribution in [2.24, 2.45) is 0 Å². The Kier molecular flexibility index (Phi) is 3.56. The fourth-order valence-electron chi connectivity index (χ4n) is 1.14. The van der Waals surface area contributed by atoms with Crippen molar-refractivity contribution >= 4 is 22.4 Å². The molecule has 8 heteroatoms. The summed E-state index contributed by atoms with van der Waals surface area (Å²) in [7, 11) is -2.79. The monoisotopic (exact) mass is 245 g/mol. The number of rotatable bonds is 4. The molecule has 0 saturated carbocycles. The third-order valence-corrected chi connectivity index (χ3v) is 2.43. The van der Waals surface area contributed by atoms with E-state index in [1.54, 1.807) is 0 Å². The molecule has 0 aliphatic heterocycles. The maximum absolute atomic E-state index is 10.6. The Morgan fingerprint density at radius 1 is 1.44 bits per heavy atom.